The van der Waals surface area contributed by atoms with E-state index in [-0.39, 0.29) is 0 Å². The number of unbranched alkanes of at least 4 members (excludes halogenated alkanes) is 72. The SMILES string of the molecule is CCCCCCCCCCCC[N+]([S-])(CCCCCCCCCCCC)C(=S)[S-].CCCCCCCCCCCC[N+]([S-])(CCCCCCCCCCCC)C(=S)[S-].CCCCCCCCCCCC[N+]([S-])(CCCCCCCCCCCC)C(=S)[S-].CCCCCCCCCCCC[N+]([S-])(CCCCCCCCCCCC)C(=S)[S-].[S]=[Mo+4]. The van der Waals surface area contributed by atoms with Crippen LogP contribution in [-0.2, 0) is 120 Å². The van der Waals surface area contributed by atoms with Crippen LogP contribution in [0.2, 0.25) is 0 Å². The molecule has 0 aromatic rings. The fourth-order valence-electron chi connectivity index (χ4n) is 16.0. The van der Waals surface area contributed by atoms with Crippen LogP contribution in [0.15, 0.2) is 0 Å². The van der Waals surface area contributed by atoms with E-state index in [9.17, 15) is 0 Å². The van der Waals surface area contributed by atoms with Crippen LogP contribution in [0.25, 0.3) is 0 Å². The first-order valence-electron chi connectivity index (χ1n) is 51.6. The topological polar surface area (TPSA) is 0 Å². The standard InChI is InChI=1S/4C25H51NS3.Mo.S/c4*1-3-5-7-9-11-13-15-17-19-21-23-26(29,25(27)28)24-22-20-18-16-14-12-10-8-6-4-2;;/h4*3-24H2,1-2H3,(H,27,28);;/q;;;;+4;/p-4. The molecule has 0 saturated carbocycles. The Hall–Kier alpha value is 3.39. The van der Waals surface area contributed by atoms with Crippen LogP contribution in [0.5, 0.6) is 0 Å². The number of hydrogen-bond donors (Lipinski definition) is 0. The van der Waals surface area contributed by atoms with Gasteiger partial charge in [0.25, 0.3) is 0 Å². The Kier molecular flexibility index (Phi) is 116. The van der Waals surface area contributed by atoms with Gasteiger partial charge in [-0.1, -0.05) is 466 Å². The maximum atomic E-state index is 5.84. The van der Waals surface area contributed by atoms with Crippen LogP contribution in [0.4, 0.5) is 0 Å². The molecule has 4 nitrogen and oxygen atoms in total. The van der Waals surface area contributed by atoms with Gasteiger partial charge in [0.1, 0.15) is 0 Å². The van der Waals surface area contributed by atoms with Gasteiger partial charge in [-0.3, -0.25) is 0 Å². The Morgan fingerprint density at radius 3 is 0.263 bits per heavy atom. The Bertz CT molecular complexity index is 1640. The van der Waals surface area contributed by atoms with E-state index in [1.807, 2.05) is 0 Å². The molecule has 0 aromatic heterocycles. The van der Waals surface area contributed by atoms with Crippen LogP contribution in [0, 0.1) is 0 Å². The summed E-state index contributed by atoms with van der Waals surface area (Å²) in [6.07, 6.45) is 108. The van der Waals surface area contributed by atoms with Crippen molar-refractivity contribution < 1.29 is 33.5 Å². The Morgan fingerprint density at radius 2 is 0.203 bits per heavy atom. The van der Waals surface area contributed by atoms with Gasteiger partial charge in [-0.2, -0.15) is 0 Å². The van der Waals surface area contributed by atoms with Crippen LogP contribution < -0.4 is 0 Å². The van der Waals surface area contributed by atoms with Crippen LogP contribution in [0.1, 0.15) is 569 Å². The van der Waals surface area contributed by atoms with Gasteiger partial charge in [-0.25, -0.2) is 0 Å². The molecule has 0 saturated heterocycles. The summed E-state index contributed by atoms with van der Waals surface area (Å²) in [6, 6.07) is 0. The van der Waals surface area contributed by atoms with E-state index < -0.39 is 0 Å². The third-order valence-electron chi connectivity index (χ3n) is 24.3. The molecule has 0 N–H and O–H groups in total. The molecule has 704 valence electrons. The number of nitrogens with zero attached hydrogens (tertiary/aromatic N) is 4. The second-order valence-electron chi connectivity index (χ2n) is 35.9. The summed E-state index contributed by atoms with van der Waals surface area (Å²) in [6.45, 7) is 26.0. The third kappa shape index (κ3) is 96.9. The van der Waals surface area contributed by atoms with Gasteiger partial charge in [0.2, 0.25) is 0 Å². The third-order valence-corrected chi connectivity index (χ3v) is 30.2. The number of rotatable bonds is 88. The molecule has 0 fully saturated rings. The maximum absolute atomic E-state index is 5.84. The molecule has 118 heavy (non-hydrogen) atoms. The molecule has 0 heterocycles. The Morgan fingerprint density at radius 1 is 0.144 bits per heavy atom. The van der Waals surface area contributed by atoms with Crippen molar-refractivity contribution in [2.45, 2.75) is 569 Å². The summed E-state index contributed by atoms with van der Waals surface area (Å²) in [5.74, 6) is 0. The number of thiocarbonyl (C=S) groups is 4. The van der Waals surface area contributed by atoms with Crippen molar-refractivity contribution in [2.24, 2.45) is 0 Å². The molecule has 0 amide bonds. The molecule has 0 radical (unpaired) electrons. The van der Waals surface area contributed by atoms with Crippen LogP contribution >= 0.6 is 58.7 Å². The van der Waals surface area contributed by atoms with E-state index in [1.165, 1.54) is 532 Å². The van der Waals surface area contributed by atoms with Gasteiger partial charge in [0, 0.05) is 17.3 Å². The molecular formula is C100H200MoN4S13. The van der Waals surface area contributed by atoms with Crippen molar-refractivity contribution in [3.63, 3.8) is 0 Å². The summed E-state index contributed by atoms with van der Waals surface area (Å²) < 4.78 is 4.08. The zero-order valence-corrected chi connectivity index (χ0v) is 92.4. The van der Waals surface area contributed by atoms with Gasteiger partial charge in [0.15, 0.2) is 0 Å². The molecular weight excluding hydrogens is 1770 g/mol. The molecule has 0 unspecified atom stereocenters. The second-order valence-corrected chi connectivity index (χ2v) is 42.8. The van der Waals surface area contributed by atoms with E-state index in [0.717, 1.165) is 52.4 Å². The molecule has 18 heteroatoms. The molecule has 0 bridgehead atoms. The fourth-order valence-corrected chi connectivity index (χ4v) is 18.5. The van der Waals surface area contributed by atoms with Crippen molar-refractivity contribution in [3.05, 3.63) is 0 Å². The Labute approximate surface area is 824 Å². The summed E-state index contributed by atoms with van der Waals surface area (Å²) in [7, 11) is 4.09. The van der Waals surface area contributed by atoms with E-state index in [4.69, 9.17) is 151 Å². The van der Waals surface area contributed by atoms with Crippen molar-refractivity contribution in [3.8, 4) is 0 Å². The van der Waals surface area contributed by atoms with Crippen LogP contribution in [-0.4, -0.2) is 85.2 Å². The van der Waals surface area contributed by atoms with Crippen molar-refractivity contribution in [1.82, 2.24) is 0 Å². The van der Waals surface area contributed by atoms with Gasteiger partial charge in [-0.15, -0.1) is 0 Å². The zero-order chi connectivity index (χ0) is 88.5. The monoisotopic (exact) mass is 1970 g/mol. The summed E-state index contributed by atoms with van der Waals surface area (Å²) in [4.78, 5) is 0. The molecule has 0 rings (SSSR count). The number of quaternary nitrogens is 4. The first kappa shape index (κ1) is 130. The first-order chi connectivity index (χ1) is 57.3. The molecule has 0 atom stereocenters. The van der Waals surface area contributed by atoms with E-state index in [2.05, 4.69) is 65.2 Å². The van der Waals surface area contributed by atoms with Gasteiger partial charge < -0.3 is 166 Å². The molecule has 0 aromatic carbocycles. The minimum absolute atomic E-state index is 0.429. The quantitative estimate of drug-likeness (QED) is 0.0187. The van der Waals surface area contributed by atoms with Crippen molar-refractivity contribution >= 4 is 178 Å². The number of hydrogen-bond acceptors (Lipinski definition) is 13. The molecule has 0 aliphatic carbocycles. The summed E-state index contributed by atoms with van der Waals surface area (Å²) >= 11 is 67.7. The molecule has 0 aliphatic rings. The van der Waals surface area contributed by atoms with Crippen molar-refractivity contribution in [1.29, 1.82) is 0 Å². The first-order valence-corrected chi connectivity index (χ1v) is 59.1. The summed E-state index contributed by atoms with van der Waals surface area (Å²) in [5, 5.41) is 0. The van der Waals surface area contributed by atoms with E-state index >= 15 is 0 Å². The Balaban J connectivity index is -0.000000477. The van der Waals surface area contributed by atoms with E-state index in [1.54, 1.807) is 0 Å². The average Bonchev–Trinajstić information content (AvgIpc) is 0.897. The second kappa shape index (κ2) is 106. The van der Waals surface area contributed by atoms with Gasteiger partial charge in [-0.05, 0) is 103 Å². The fraction of sp³-hybridized carbons (Fsp3) is 0.960. The van der Waals surface area contributed by atoms with Crippen LogP contribution in [0.3, 0.4) is 0 Å². The van der Waals surface area contributed by atoms with Gasteiger partial charge >= 0.3 is 27.8 Å². The normalized spacial score (nSPS) is 11.7. The summed E-state index contributed by atoms with van der Waals surface area (Å²) in [5.41, 5.74) is 0. The zero-order valence-electron chi connectivity index (χ0n) is 79.7. The molecule has 0 aliphatic heterocycles. The average molecular weight is 1970 g/mol. The minimum atomic E-state index is 0.429. The van der Waals surface area contributed by atoms with E-state index in [0.29, 0.717) is 32.8 Å². The van der Waals surface area contributed by atoms with Gasteiger partial charge in [0.05, 0.1) is 52.4 Å². The van der Waals surface area contributed by atoms with Crippen molar-refractivity contribution in [2.75, 3.05) is 52.4 Å². The predicted molar refractivity (Wildman–Crippen MR) is 572 cm³/mol. The predicted octanol–water partition coefficient (Wildman–Crippen LogP) is 36.4. The molecule has 0 spiro atoms.